The van der Waals surface area contributed by atoms with Crippen LogP contribution in [0.3, 0.4) is 0 Å². The lowest BCUT2D eigenvalue weighted by molar-refractivity contribution is 0.0931. The molecular weight excluding hydrogens is 528 g/mol. The zero-order valence-electron chi connectivity index (χ0n) is 23.4. The number of H-pyrrole nitrogens is 1. The summed E-state index contributed by atoms with van der Waals surface area (Å²) in [5, 5.41) is 18.2. The Labute approximate surface area is 241 Å². The lowest BCUT2D eigenvalue weighted by Gasteiger charge is -2.25. The zero-order valence-corrected chi connectivity index (χ0v) is 24.2. The number of ether oxygens (including phenoxy) is 1. The smallest absolute Gasteiger partial charge is 0.262 e. The third kappa shape index (κ3) is 6.78. The molecule has 2 aromatic heterocycles. The maximum atomic E-state index is 13.3. The number of nitrogens with zero attached hydrogens (tertiary/aromatic N) is 1. The number of piperidine rings is 1. The Morgan fingerprint density at radius 3 is 2.62 bits per heavy atom. The lowest BCUT2D eigenvalue weighted by Crippen LogP contribution is -2.37. The number of phenolic OH excluding ortho intramolecular Hbond substituents is 1. The van der Waals surface area contributed by atoms with Gasteiger partial charge in [0.15, 0.2) is 0 Å². The van der Waals surface area contributed by atoms with Gasteiger partial charge in [-0.2, -0.15) is 0 Å². The number of fused-ring (bicyclic) bond motifs is 1. The minimum absolute atomic E-state index is 0. The molecule has 216 valence electrons. The van der Waals surface area contributed by atoms with Crippen LogP contribution < -0.4 is 20.9 Å². The van der Waals surface area contributed by atoms with Crippen LogP contribution in [0.5, 0.6) is 11.5 Å². The summed E-state index contributed by atoms with van der Waals surface area (Å²) in [6.45, 7) is 6.55. The van der Waals surface area contributed by atoms with Crippen LogP contribution in [0.25, 0.3) is 22.3 Å². The van der Waals surface area contributed by atoms with Crippen molar-refractivity contribution in [1.82, 2.24) is 20.6 Å². The van der Waals surface area contributed by atoms with Crippen molar-refractivity contribution in [2.24, 2.45) is 5.92 Å². The fraction of sp³-hybridized carbons (Fsp3) is 0.516. The second-order valence-corrected chi connectivity index (χ2v) is 11.1. The van der Waals surface area contributed by atoms with Crippen molar-refractivity contribution in [1.29, 1.82) is 0 Å². The molecule has 3 heterocycles. The largest absolute Gasteiger partial charge is 0.507 e. The molecule has 1 saturated heterocycles. The first kappa shape index (κ1) is 29.9. The van der Waals surface area contributed by atoms with Crippen LogP contribution in [0.15, 0.2) is 35.1 Å². The van der Waals surface area contributed by atoms with Crippen molar-refractivity contribution in [3.8, 4) is 22.8 Å². The van der Waals surface area contributed by atoms with E-state index < -0.39 is 5.56 Å². The molecule has 2 fully saturated rings. The summed E-state index contributed by atoms with van der Waals surface area (Å²) in [6.07, 6.45) is 8.01. The topological polar surface area (TPSA) is 116 Å². The highest BCUT2D eigenvalue weighted by molar-refractivity contribution is 5.98. The minimum Gasteiger partial charge on any atom is -0.507 e. The number of amides is 1. The molecule has 1 aliphatic heterocycles. The van der Waals surface area contributed by atoms with Gasteiger partial charge < -0.3 is 25.5 Å². The molecule has 1 aromatic carbocycles. The Kier molecular flexibility index (Phi) is 10.1. The first-order valence-corrected chi connectivity index (χ1v) is 14.5. The standard InChI is InChI=1S/C31H40N4O4.ClH/c1-3-7-21(8-4-2)33-30(37)24-15-23-22(20-9-6-14-32-17-20)16-25(34-29(23)35-31(24)38)28-26(36)10-5-11-27(28)39-18-19-12-13-19;/h5,10-11,15-16,19-21,32,36H,3-4,6-9,12-14,17-18H2,1-2H3,(H,33,37)(H,34,35,38);1H. The maximum absolute atomic E-state index is 13.3. The van der Waals surface area contributed by atoms with Crippen LogP contribution in [-0.4, -0.2) is 46.7 Å². The number of hydrogen-bond donors (Lipinski definition) is 4. The normalized spacial score (nSPS) is 17.0. The molecule has 1 unspecified atom stereocenters. The third-order valence-corrected chi connectivity index (χ3v) is 7.88. The number of benzene rings is 1. The van der Waals surface area contributed by atoms with Crippen LogP contribution in [0.1, 0.15) is 87.1 Å². The van der Waals surface area contributed by atoms with Gasteiger partial charge >= 0.3 is 0 Å². The Hall–Kier alpha value is -3.10. The molecule has 0 spiro atoms. The second-order valence-electron chi connectivity index (χ2n) is 11.1. The Bertz CT molecular complexity index is 1380. The average Bonchev–Trinajstić information content (AvgIpc) is 3.76. The van der Waals surface area contributed by atoms with Gasteiger partial charge in [-0.25, -0.2) is 4.98 Å². The van der Waals surface area contributed by atoms with E-state index in [4.69, 9.17) is 9.72 Å². The molecule has 0 radical (unpaired) electrons. The highest BCUT2D eigenvalue weighted by Gasteiger charge is 2.26. The molecule has 4 N–H and O–H groups in total. The van der Waals surface area contributed by atoms with E-state index in [0.29, 0.717) is 35.2 Å². The van der Waals surface area contributed by atoms with Crippen LogP contribution >= 0.6 is 12.4 Å². The molecule has 1 amide bonds. The Balaban J connectivity index is 0.00000370. The predicted molar refractivity (Wildman–Crippen MR) is 161 cm³/mol. The number of rotatable bonds is 11. The number of hydrogen-bond acceptors (Lipinski definition) is 6. The zero-order chi connectivity index (χ0) is 27.4. The van der Waals surface area contributed by atoms with Crippen molar-refractivity contribution in [3.05, 3.63) is 51.8 Å². The SMILES string of the molecule is CCCC(CCC)NC(=O)c1cc2c(C3CCCNC3)cc(-c3c(O)cccc3OCC3CC3)nc2[nH]c1=O.Cl. The van der Waals surface area contributed by atoms with Crippen molar-refractivity contribution in [2.75, 3.05) is 19.7 Å². The molecule has 9 heteroatoms. The number of carbonyl (C=O) groups is 1. The van der Waals surface area contributed by atoms with Crippen molar-refractivity contribution in [3.63, 3.8) is 0 Å². The molecule has 0 bridgehead atoms. The van der Waals surface area contributed by atoms with E-state index in [9.17, 15) is 14.7 Å². The van der Waals surface area contributed by atoms with E-state index in [-0.39, 0.29) is 41.6 Å². The van der Waals surface area contributed by atoms with E-state index in [2.05, 4.69) is 29.5 Å². The first-order valence-electron chi connectivity index (χ1n) is 14.5. The molecule has 1 aliphatic carbocycles. The Morgan fingerprint density at radius 1 is 1.18 bits per heavy atom. The average molecular weight is 569 g/mol. The lowest BCUT2D eigenvalue weighted by atomic mass is 9.88. The number of pyridine rings is 2. The van der Waals surface area contributed by atoms with Crippen LogP contribution in [0, 0.1) is 5.92 Å². The summed E-state index contributed by atoms with van der Waals surface area (Å²) < 4.78 is 6.11. The van der Waals surface area contributed by atoms with Crippen LogP contribution in [-0.2, 0) is 0 Å². The monoisotopic (exact) mass is 568 g/mol. The van der Waals surface area contributed by atoms with E-state index in [1.807, 2.05) is 12.1 Å². The number of carbonyl (C=O) groups excluding carboxylic acids is 1. The number of nitrogens with one attached hydrogen (secondary N) is 3. The van der Waals surface area contributed by atoms with Gasteiger partial charge in [-0.15, -0.1) is 12.4 Å². The molecule has 1 saturated carbocycles. The highest BCUT2D eigenvalue weighted by Crippen LogP contribution is 2.41. The van der Waals surface area contributed by atoms with Gasteiger partial charge in [-0.1, -0.05) is 32.8 Å². The molecule has 3 aromatic rings. The third-order valence-electron chi connectivity index (χ3n) is 7.88. The molecule has 40 heavy (non-hydrogen) atoms. The summed E-state index contributed by atoms with van der Waals surface area (Å²) in [5.74, 6) is 1.05. The maximum Gasteiger partial charge on any atom is 0.262 e. The molecule has 2 aliphatic rings. The second kappa shape index (κ2) is 13.5. The summed E-state index contributed by atoms with van der Waals surface area (Å²) in [4.78, 5) is 34.1. The van der Waals surface area contributed by atoms with Crippen LogP contribution in [0.4, 0.5) is 0 Å². The van der Waals surface area contributed by atoms with Gasteiger partial charge in [0.05, 0.1) is 17.9 Å². The van der Waals surface area contributed by atoms with Crippen LogP contribution in [0.2, 0.25) is 0 Å². The number of phenols is 1. The van der Waals surface area contributed by atoms with Gasteiger partial charge in [0.25, 0.3) is 11.5 Å². The number of aromatic amines is 1. The van der Waals surface area contributed by atoms with Crippen molar-refractivity contribution < 1.29 is 14.6 Å². The molecule has 8 nitrogen and oxygen atoms in total. The fourth-order valence-electron chi connectivity index (χ4n) is 5.60. The first-order chi connectivity index (χ1) is 19.0. The number of aromatic nitrogens is 2. The van der Waals surface area contributed by atoms with Crippen molar-refractivity contribution >= 4 is 29.3 Å². The minimum atomic E-state index is -0.466. The van der Waals surface area contributed by atoms with Gasteiger partial charge in [0.2, 0.25) is 0 Å². The summed E-state index contributed by atoms with van der Waals surface area (Å²) in [6, 6.07) is 8.99. The van der Waals surface area contributed by atoms with E-state index >= 15 is 0 Å². The summed E-state index contributed by atoms with van der Waals surface area (Å²) >= 11 is 0. The summed E-state index contributed by atoms with van der Waals surface area (Å²) in [5.41, 5.74) is 2.12. The quantitative estimate of drug-likeness (QED) is 0.237. The number of halogens is 1. The predicted octanol–water partition coefficient (Wildman–Crippen LogP) is 5.67. The molecule has 1 atom stereocenters. The van der Waals surface area contributed by atoms with E-state index in [1.165, 1.54) is 0 Å². The van der Waals surface area contributed by atoms with Gasteiger partial charge in [0.1, 0.15) is 22.7 Å². The van der Waals surface area contributed by atoms with E-state index in [0.717, 1.165) is 75.4 Å². The molecule has 5 rings (SSSR count). The fourth-order valence-corrected chi connectivity index (χ4v) is 5.60. The van der Waals surface area contributed by atoms with E-state index in [1.54, 1.807) is 18.2 Å². The molecular formula is C31H41ClN4O4. The van der Waals surface area contributed by atoms with Gasteiger partial charge in [-0.3, -0.25) is 9.59 Å². The Morgan fingerprint density at radius 2 is 1.95 bits per heavy atom. The van der Waals surface area contributed by atoms with Crippen molar-refractivity contribution in [2.45, 2.75) is 77.2 Å². The highest BCUT2D eigenvalue weighted by atomic mass is 35.5. The van der Waals surface area contributed by atoms with Gasteiger partial charge in [0, 0.05) is 18.0 Å². The van der Waals surface area contributed by atoms with Gasteiger partial charge in [-0.05, 0) is 86.7 Å². The number of aromatic hydroxyl groups is 1. The summed E-state index contributed by atoms with van der Waals surface area (Å²) in [7, 11) is 0.